The molecule has 14 heteroatoms. The Morgan fingerprint density at radius 2 is 1.02 bits per heavy atom. The van der Waals surface area contributed by atoms with Crippen molar-refractivity contribution in [1.82, 2.24) is 40.4 Å². The van der Waals surface area contributed by atoms with Crippen molar-refractivity contribution in [2.45, 2.75) is 160 Å². The number of alkyl carbamates (subject to hydrolysis) is 2. The third-order valence-electron chi connectivity index (χ3n) is 11.4. The molecule has 440 valence electrons. The molecule has 0 saturated carbocycles. The van der Waals surface area contributed by atoms with E-state index in [1.807, 2.05) is 138 Å². The van der Waals surface area contributed by atoms with Crippen molar-refractivity contribution in [3.05, 3.63) is 204 Å². The molecule has 4 heterocycles. The minimum atomic E-state index is -0.792. The van der Waals surface area contributed by atoms with Gasteiger partial charge in [-0.05, 0) is 159 Å². The van der Waals surface area contributed by atoms with Crippen molar-refractivity contribution in [2.24, 2.45) is 5.92 Å². The molecule has 0 fully saturated rings. The molecule has 8 rings (SSSR count). The molecule has 0 aliphatic heterocycles. The SMILES string of the molecule is CC.CC.CC(C)(C)OC(=O)N[C@H](Cc1ccccc1)C(=O)N(Cc1ccncc1)Cc1ccc2[nH]ccc2c1.CC(C)C.CCc1ccccc1.Cc1cncc(CN(Cc2ccc3[nH]ccc3c2)C(=O)CNC(=O)OC(C)(C)C)c1. The van der Waals surface area contributed by atoms with Gasteiger partial charge in [0, 0.05) is 80.8 Å². The number of ether oxygens (including phenoxy) is 2. The highest BCUT2D eigenvalue weighted by molar-refractivity contribution is 5.87. The standard InChI is InChI=1S/C29H32N4O3.C23H28N4O3.C8H10.C4H10.2C2H6/c1-29(2,3)36-28(35)32-26(18-21-7-5-4-6-8-21)27(34)33(19-22-11-14-30-15-12-22)20-23-9-10-25-24(17-23)13-16-31-25;1-16-9-18(12-24-11-16)15-27(21(28)13-26-22(29)30-23(2,3)4)14-17-5-6-20-19(10-17)7-8-25-20;1-2-8-6-4-3-5-7-8;1-4(2)3;2*1-2/h4-17,26,31H,18-20H2,1-3H3,(H,32,35);5-12,25H,13-15H2,1-4H3,(H,26,29);3-7H,2H2,1H3;4H,1-3H3;2*1-2H3/t26-;;;;;/m1...../s1. The van der Waals surface area contributed by atoms with Crippen molar-refractivity contribution in [1.29, 1.82) is 0 Å². The summed E-state index contributed by atoms with van der Waals surface area (Å²) in [6, 6.07) is 41.3. The Labute approximate surface area is 488 Å². The fourth-order valence-corrected chi connectivity index (χ4v) is 7.93. The van der Waals surface area contributed by atoms with Gasteiger partial charge in [0.1, 0.15) is 23.8 Å². The number of rotatable bonds is 15. The summed E-state index contributed by atoms with van der Waals surface area (Å²) < 4.78 is 10.7. The summed E-state index contributed by atoms with van der Waals surface area (Å²) in [4.78, 5) is 69.8. The highest BCUT2D eigenvalue weighted by atomic mass is 16.6. The molecule has 0 spiro atoms. The quantitative estimate of drug-likeness (QED) is 0.0784. The lowest BCUT2D eigenvalue weighted by Gasteiger charge is -2.29. The lowest BCUT2D eigenvalue weighted by molar-refractivity contribution is -0.134. The van der Waals surface area contributed by atoms with Crippen LogP contribution in [0.4, 0.5) is 9.59 Å². The van der Waals surface area contributed by atoms with Crippen LogP contribution in [0, 0.1) is 12.8 Å². The topological polar surface area (TPSA) is 175 Å². The largest absolute Gasteiger partial charge is 0.444 e. The van der Waals surface area contributed by atoms with Crippen LogP contribution in [0.3, 0.4) is 0 Å². The summed E-state index contributed by atoms with van der Waals surface area (Å²) in [7, 11) is 0. The predicted octanol–water partition coefficient (Wildman–Crippen LogP) is 15.1. The number of fused-ring (bicyclic) bond motifs is 2. The maximum atomic E-state index is 14.0. The fraction of sp³-hybridized carbons (Fsp3) is 0.382. The van der Waals surface area contributed by atoms with E-state index in [1.54, 1.807) is 76.1 Å². The Balaban J connectivity index is 0.000000343. The minimum Gasteiger partial charge on any atom is -0.444 e. The fourth-order valence-electron chi connectivity index (χ4n) is 7.93. The normalized spacial score (nSPS) is 11.0. The van der Waals surface area contributed by atoms with E-state index in [9.17, 15) is 19.2 Å². The predicted molar refractivity (Wildman–Crippen MR) is 335 cm³/mol. The van der Waals surface area contributed by atoms with Gasteiger partial charge in [0.05, 0.1) is 0 Å². The lowest BCUT2D eigenvalue weighted by atomic mass is 10.0. The van der Waals surface area contributed by atoms with Gasteiger partial charge in [-0.2, -0.15) is 0 Å². The molecule has 0 bridgehead atoms. The van der Waals surface area contributed by atoms with Crippen LogP contribution in [0.15, 0.2) is 165 Å². The van der Waals surface area contributed by atoms with Crippen LogP contribution in [-0.4, -0.2) is 77.5 Å². The van der Waals surface area contributed by atoms with Crippen molar-refractivity contribution in [3.63, 3.8) is 0 Å². The number of nitrogens with zero attached hydrogens (tertiary/aromatic N) is 4. The van der Waals surface area contributed by atoms with Crippen LogP contribution in [-0.2, 0) is 58.1 Å². The van der Waals surface area contributed by atoms with Crippen LogP contribution < -0.4 is 10.6 Å². The molecule has 4 amide bonds. The van der Waals surface area contributed by atoms with Gasteiger partial charge in [0.15, 0.2) is 0 Å². The first kappa shape index (κ1) is 68.0. The summed E-state index contributed by atoms with van der Waals surface area (Å²) in [6.45, 7) is 30.8. The van der Waals surface area contributed by atoms with Gasteiger partial charge >= 0.3 is 12.2 Å². The molecule has 4 aromatic heterocycles. The summed E-state index contributed by atoms with van der Waals surface area (Å²) in [6.07, 6.45) is 11.0. The second-order valence-electron chi connectivity index (χ2n) is 21.8. The number of nitrogens with one attached hydrogen (secondary N) is 4. The van der Waals surface area contributed by atoms with E-state index in [-0.39, 0.29) is 18.4 Å². The molecule has 14 nitrogen and oxygen atoms in total. The zero-order chi connectivity index (χ0) is 60.7. The first-order valence-electron chi connectivity index (χ1n) is 28.6. The molecular weight excluding hydrogens is 1020 g/mol. The number of carbonyl (C=O) groups excluding carboxylic acids is 4. The van der Waals surface area contributed by atoms with Crippen molar-refractivity contribution in [3.8, 4) is 0 Å². The van der Waals surface area contributed by atoms with Crippen LogP contribution in [0.5, 0.6) is 0 Å². The number of H-pyrrole nitrogens is 2. The molecular formula is C68H92N8O6. The van der Waals surface area contributed by atoms with Crippen LogP contribution in [0.25, 0.3) is 21.8 Å². The second-order valence-corrected chi connectivity index (χ2v) is 21.8. The number of hydrogen-bond donors (Lipinski definition) is 4. The van der Waals surface area contributed by atoms with Gasteiger partial charge in [-0.1, -0.05) is 134 Å². The summed E-state index contributed by atoms with van der Waals surface area (Å²) in [5, 5.41) is 7.55. The van der Waals surface area contributed by atoms with Gasteiger partial charge in [0.25, 0.3) is 0 Å². The van der Waals surface area contributed by atoms with Gasteiger partial charge in [-0.25, -0.2) is 9.59 Å². The van der Waals surface area contributed by atoms with E-state index in [2.05, 4.69) is 94.7 Å². The first-order chi connectivity index (χ1) is 39.1. The van der Waals surface area contributed by atoms with Gasteiger partial charge < -0.3 is 39.9 Å². The van der Waals surface area contributed by atoms with Crippen molar-refractivity contribution < 1.29 is 28.7 Å². The maximum absolute atomic E-state index is 14.0. The van der Waals surface area contributed by atoms with E-state index in [4.69, 9.17) is 9.47 Å². The van der Waals surface area contributed by atoms with E-state index in [1.165, 1.54) is 5.56 Å². The molecule has 0 unspecified atom stereocenters. The number of hydrogen-bond acceptors (Lipinski definition) is 8. The number of aromatic nitrogens is 4. The minimum absolute atomic E-state index is 0.138. The van der Waals surface area contributed by atoms with Gasteiger partial charge in [-0.3, -0.25) is 19.6 Å². The smallest absolute Gasteiger partial charge is 0.408 e. The van der Waals surface area contributed by atoms with E-state index in [0.717, 1.165) is 67.5 Å². The van der Waals surface area contributed by atoms with E-state index >= 15 is 0 Å². The third-order valence-corrected chi connectivity index (χ3v) is 11.4. The third kappa shape index (κ3) is 26.3. The Morgan fingerprint density at radius 1 is 0.549 bits per heavy atom. The molecule has 4 N–H and O–H groups in total. The lowest BCUT2D eigenvalue weighted by Crippen LogP contribution is -2.50. The highest BCUT2D eigenvalue weighted by Gasteiger charge is 2.29. The molecule has 0 radical (unpaired) electrons. The number of carbonyl (C=O) groups is 4. The van der Waals surface area contributed by atoms with Crippen LogP contribution >= 0.6 is 0 Å². The zero-order valence-corrected chi connectivity index (χ0v) is 51.4. The van der Waals surface area contributed by atoms with Gasteiger partial charge in [-0.15, -0.1) is 0 Å². The Kier molecular flexibility index (Phi) is 29.4. The average Bonchev–Trinajstić information content (AvgIpc) is 4.13. The Hall–Kier alpha value is -8.26. The van der Waals surface area contributed by atoms with E-state index in [0.29, 0.717) is 32.6 Å². The van der Waals surface area contributed by atoms with E-state index < -0.39 is 29.4 Å². The Bertz CT molecular complexity index is 3090. The second kappa shape index (κ2) is 35.5. The average molecular weight is 1120 g/mol. The summed E-state index contributed by atoms with van der Waals surface area (Å²) >= 11 is 0. The molecule has 4 aromatic carbocycles. The van der Waals surface area contributed by atoms with Crippen molar-refractivity contribution in [2.75, 3.05) is 6.54 Å². The number of aromatic amines is 2. The Morgan fingerprint density at radius 3 is 1.51 bits per heavy atom. The van der Waals surface area contributed by atoms with Gasteiger partial charge in [0.2, 0.25) is 11.8 Å². The monoisotopic (exact) mass is 1120 g/mol. The molecule has 0 aliphatic carbocycles. The summed E-state index contributed by atoms with van der Waals surface area (Å²) in [5.74, 6) is 0.451. The van der Waals surface area contributed by atoms with Crippen molar-refractivity contribution >= 4 is 45.8 Å². The molecule has 0 saturated heterocycles. The summed E-state index contributed by atoms with van der Waals surface area (Å²) in [5.41, 5.74) is 8.08. The first-order valence-corrected chi connectivity index (χ1v) is 28.6. The number of amides is 4. The van der Waals surface area contributed by atoms with Crippen LogP contribution in [0.2, 0.25) is 0 Å². The number of pyridine rings is 2. The number of benzene rings is 4. The molecule has 0 aliphatic rings. The van der Waals surface area contributed by atoms with Crippen LogP contribution in [0.1, 0.15) is 136 Å². The highest BCUT2D eigenvalue weighted by Crippen LogP contribution is 2.21. The maximum Gasteiger partial charge on any atom is 0.408 e. The molecule has 1 atom stereocenters. The molecule has 8 aromatic rings. The zero-order valence-electron chi connectivity index (χ0n) is 51.4. The number of aryl methyl sites for hydroxylation is 2. The molecule has 82 heavy (non-hydrogen) atoms.